The third-order valence-electron chi connectivity index (χ3n) is 2.19. The van der Waals surface area contributed by atoms with E-state index in [1.165, 1.54) is 6.20 Å². The van der Waals surface area contributed by atoms with Gasteiger partial charge in [0.15, 0.2) is 0 Å². The molecular weight excluding hydrogens is 242 g/mol. The Bertz CT molecular complexity index is 371. The van der Waals surface area contributed by atoms with Gasteiger partial charge in [-0.05, 0) is 24.4 Å². The van der Waals surface area contributed by atoms with Crippen molar-refractivity contribution < 1.29 is 9.13 Å². The Morgan fingerprint density at radius 3 is 2.80 bits per heavy atom. The maximum absolute atomic E-state index is 13.2. The van der Waals surface area contributed by atoms with E-state index in [0.29, 0.717) is 18.4 Å². The van der Waals surface area contributed by atoms with Crippen LogP contribution >= 0.6 is 23.2 Å². The van der Waals surface area contributed by atoms with Crippen molar-refractivity contribution in [3.63, 3.8) is 0 Å². The zero-order valence-electron chi connectivity index (χ0n) is 7.84. The number of hydrogen-bond donors (Lipinski definition) is 0. The summed E-state index contributed by atoms with van der Waals surface area (Å²) in [4.78, 5) is 7.52. The second-order valence-corrected chi connectivity index (χ2v) is 4.29. The van der Waals surface area contributed by atoms with E-state index in [2.05, 4.69) is 9.97 Å². The van der Waals surface area contributed by atoms with E-state index in [-0.39, 0.29) is 23.7 Å². The molecule has 15 heavy (non-hydrogen) atoms. The lowest BCUT2D eigenvalue weighted by atomic mass is 10.3. The van der Waals surface area contributed by atoms with Gasteiger partial charge in [-0.2, -0.15) is 0 Å². The molecule has 1 fully saturated rings. The van der Waals surface area contributed by atoms with E-state index in [1.54, 1.807) is 0 Å². The van der Waals surface area contributed by atoms with Gasteiger partial charge in [-0.3, -0.25) is 0 Å². The molecule has 0 spiro atoms. The van der Waals surface area contributed by atoms with Crippen LogP contribution in [-0.2, 0) is 11.3 Å². The number of hydrogen-bond acceptors (Lipinski definition) is 3. The molecule has 1 aliphatic rings. The van der Waals surface area contributed by atoms with Crippen molar-refractivity contribution in [1.82, 2.24) is 9.97 Å². The smallest absolute Gasteiger partial charge is 0.223 e. The molecule has 0 bridgehead atoms. The molecule has 0 amide bonds. The largest absolute Gasteiger partial charge is 0.373 e. The molecule has 0 radical (unpaired) electrons. The van der Waals surface area contributed by atoms with Gasteiger partial charge < -0.3 is 4.74 Å². The van der Waals surface area contributed by atoms with Gasteiger partial charge in [0, 0.05) is 11.8 Å². The first-order valence-electron chi connectivity index (χ1n) is 4.53. The Balaban J connectivity index is 1.87. The highest BCUT2D eigenvalue weighted by molar-refractivity contribution is 6.32. The standard InChI is InChI=1S/C9H9Cl2FN2O/c10-7-6(3-13-8(11)14-7)4-15-5-9(12)1-2-9/h3H,1-2,4-5H2. The first kappa shape index (κ1) is 11.0. The van der Waals surface area contributed by atoms with Gasteiger partial charge >= 0.3 is 0 Å². The third kappa shape index (κ3) is 3.00. The molecule has 1 aromatic rings. The molecule has 1 aromatic heterocycles. The number of nitrogens with zero attached hydrogens (tertiary/aromatic N) is 2. The van der Waals surface area contributed by atoms with Crippen molar-refractivity contribution in [3.8, 4) is 0 Å². The normalized spacial score (nSPS) is 17.8. The van der Waals surface area contributed by atoms with Crippen LogP contribution in [0.5, 0.6) is 0 Å². The van der Waals surface area contributed by atoms with Crippen molar-refractivity contribution in [2.75, 3.05) is 6.61 Å². The summed E-state index contributed by atoms with van der Waals surface area (Å²) in [5, 5.41) is 0.339. The van der Waals surface area contributed by atoms with Crippen molar-refractivity contribution in [2.45, 2.75) is 25.1 Å². The second kappa shape index (κ2) is 4.20. The zero-order chi connectivity index (χ0) is 10.9. The average Bonchev–Trinajstić information content (AvgIpc) is 2.88. The van der Waals surface area contributed by atoms with Gasteiger partial charge in [-0.25, -0.2) is 14.4 Å². The van der Waals surface area contributed by atoms with Gasteiger partial charge in [0.1, 0.15) is 10.8 Å². The number of halogens is 3. The van der Waals surface area contributed by atoms with Crippen LogP contribution in [0.25, 0.3) is 0 Å². The highest BCUT2D eigenvalue weighted by Crippen LogP contribution is 2.39. The summed E-state index contributed by atoms with van der Waals surface area (Å²) in [6.45, 7) is 0.313. The number of alkyl halides is 1. The fraction of sp³-hybridized carbons (Fsp3) is 0.556. The second-order valence-electron chi connectivity index (χ2n) is 3.60. The summed E-state index contributed by atoms with van der Waals surface area (Å²) in [7, 11) is 0. The predicted octanol–water partition coefficient (Wildman–Crippen LogP) is 2.80. The topological polar surface area (TPSA) is 35.0 Å². The Morgan fingerprint density at radius 2 is 2.20 bits per heavy atom. The maximum Gasteiger partial charge on any atom is 0.223 e. The summed E-state index contributed by atoms with van der Waals surface area (Å²) in [6, 6.07) is 0. The van der Waals surface area contributed by atoms with Gasteiger partial charge in [0.25, 0.3) is 0 Å². The third-order valence-corrected chi connectivity index (χ3v) is 2.70. The molecular formula is C9H9Cl2FN2O. The minimum Gasteiger partial charge on any atom is -0.373 e. The first-order chi connectivity index (χ1) is 7.09. The van der Waals surface area contributed by atoms with E-state index in [4.69, 9.17) is 27.9 Å². The quantitative estimate of drug-likeness (QED) is 0.609. The molecule has 3 nitrogen and oxygen atoms in total. The van der Waals surface area contributed by atoms with Crippen LogP contribution in [0.2, 0.25) is 10.4 Å². The van der Waals surface area contributed by atoms with E-state index in [1.807, 2.05) is 0 Å². The van der Waals surface area contributed by atoms with E-state index in [0.717, 1.165) is 0 Å². The lowest BCUT2D eigenvalue weighted by Gasteiger charge is -2.07. The zero-order valence-corrected chi connectivity index (χ0v) is 9.35. The summed E-state index contributed by atoms with van der Waals surface area (Å²) < 4.78 is 18.3. The maximum atomic E-state index is 13.2. The molecule has 0 aromatic carbocycles. The molecule has 0 N–H and O–H groups in total. The van der Waals surface area contributed by atoms with Crippen LogP contribution in [0.3, 0.4) is 0 Å². The molecule has 0 aliphatic heterocycles. The minimum atomic E-state index is -1.11. The molecule has 6 heteroatoms. The highest BCUT2D eigenvalue weighted by Gasteiger charge is 2.43. The van der Waals surface area contributed by atoms with Crippen molar-refractivity contribution in [2.24, 2.45) is 0 Å². The molecule has 0 atom stereocenters. The monoisotopic (exact) mass is 250 g/mol. The molecule has 2 rings (SSSR count). The number of ether oxygens (including phenoxy) is 1. The van der Waals surface area contributed by atoms with Crippen molar-refractivity contribution in [3.05, 3.63) is 22.2 Å². The number of rotatable bonds is 4. The molecule has 1 saturated carbocycles. The molecule has 0 unspecified atom stereocenters. The van der Waals surface area contributed by atoms with Gasteiger partial charge in [-0.1, -0.05) is 11.6 Å². The summed E-state index contributed by atoms with van der Waals surface area (Å²) >= 11 is 11.3. The highest BCUT2D eigenvalue weighted by atomic mass is 35.5. The van der Waals surface area contributed by atoms with E-state index < -0.39 is 5.67 Å². The van der Waals surface area contributed by atoms with Gasteiger partial charge in [0.2, 0.25) is 5.28 Å². The summed E-state index contributed by atoms with van der Waals surface area (Å²) in [5.74, 6) is 0. The Hall–Kier alpha value is -0.450. The molecule has 0 saturated heterocycles. The fourth-order valence-corrected chi connectivity index (χ4v) is 1.45. The Kier molecular flexibility index (Phi) is 3.09. The van der Waals surface area contributed by atoms with Crippen LogP contribution in [0, 0.1) is 0 Å². The van der Waals surface area contributed by atoms with Crippen molar-refractivity contribution >= 4 is 23.2 Å². The van der Waals surface area contributed by atoms with Gasteiger partial charge in [-0.15, -0.1) is 0 Å². The minimum absolute atomic E-state index is 0.0907. The fourth-order valence-electron chi connectivity index (χ4n) is 1.09. The van der Waals surface area contributed by atoms with Crippen LogP contribution in [0.4, 0.5) is 4.39 Å². The van der Waals surface area contributed by atoms with Crippen LogP contribution < -0.4 is 0 Å². The molecule has 1 aliphatic carbocycles. The summed E-state index contributed by atoms with van der Waals surface area (Å²) in [6.07, 6.45) is 2.64. The Labute approximate surface area is 96.6 Å². The van der Waals surface area contributed by atoms with Crippen LogP contribution in [0.1, 0.15) is 18.4 Å². The Morgan fingerprint density at radius 1 is 1.47 bits per heavy atom. The average molecular weight is 251 g/mol. The molecule has 1 heterocycles. The summed E-state index contributed by atoms with van der Waals surface area (Å²) in [5.41, 5.74) is -0.495. The van der Waals surface area contributed by atoms with E-state index >= 15 is 0 Å². The van der Waals surface area contributed by atoms with E-state index in [9.17, 15) is 4.39 Å². The predicted molar refractivity (Wildman–Crippen MR) is 54.8 cm³/mol. The van der Waals surface area contributed by atoms with Crippen molar-refractivity contribution in [1.29, 1.82) is 0 Å². The SMILES string of the molecule is FC1(COCc2cnc(Cl)nc2Cl)CC1. The van der Waals surface area contributed by atoms with Gasteiger partial charge in [0.05, 0.1) is 13.2 Å². The van der Waals surface area contributed by atoms with Crippen LogP contribution in [-0.4, -0.2) is 22.2 Å². The molecule has 82 valence electrons. The van der Waals surface area contributed by atoms with Crippen LogP contribution in [0.15, 0.2) is 6.20 Å². The first-order valence-corrected chi connectivity index (χ1v) is 5.28. The lowest BCUT2D eigenvalue weighted by molar-refractivity contribution is 0.0586. The number of aromatic nitrogens is 2. The lowest BCUT2D eigenvalue weighted by Crippen LogP contribution is -2.11.